The van der Waals surface area contributed by atoms with Crippen LogP contribution < -0.4 is 0 Å². The van der Waals surface area contributed by atoms with E-state index < -0.39 is 0 Å². The van der Waals surface area contributed by atoms with Crippen molar-refractivity contribution in [3.8, 4) is 0 Å². The predicted molar refractivity (Wildman–Crippen MR) is 82.3 cm³/mol. The van der Waals surface area contributed by atoms with E-state index in [2.05, 4.69) is 43.6 Å². The summed E-state index contributed by atoms with van der Waals surface area (Å²) in [5.41, 5.74) is 0.805. The molecule has 0 saturated carbocycles. The molecule has 0 aromatic carbocycles. The summed E-state index contributed by atoms with van der Waals surface area (Å²) in [6.07, 6.45) is 2.03. The summed E-state index contributed by atoms with van der Waals surface area (Å²) in [7, 11) is 0. The molecule has 0 radical (unpaired) electrons. The van der Waals surface area contributed by atoms with Crippen LogP contribution in [0.5, 0.6) is 0 Å². The van der Waals surface area contributed by atoms with Crippen molar-refractivity contribution in [3.05, 3.63) is 20.8 Å². The zero-order chi connectivity index (χ0) is 13.7. The van der Waals surface area contributed by atoms with Gasteiger partial charge in [-0.1, -0.05) is 27.7 Å². The van der Waals surface area contributed by atoms with Gasteiger partial charge in [0.25, 0.3) is 5.91 Å². The SMILES string of the molecule is CCC(CC)N(CC(C)C)C(=O)c1csc(Br)c1. The Morgan fingerprint density at radius 1 is 1.39 bits per heavy atom. The molecular weight excluding hydrogens is 310 g/mol. The monoisotopic (exact) mass is 331 g/mol. The van der Waals surface area contributed by atoms with E-state index in [0.29, 0.717) is 12.0 Å². The van der Waals surface area contributed by atoms with Crippen LogP contribution in [0, 0.1) is 5.92 Å². The first-order valence-electron chi connectivity index (χ1n) is 6.54. The third-order valence-electron chi connectivity index (χ3n) is 3.02. The lowest BCUT2D eigenvalue weighted by Gasteiger charge is -2.32. The summed E-state index contributed by atoms with van der Waals surface area (Å²) in [5.74, 6) is 0.663. The van der Waals surface area contributed by atoms with E-state index in [-0.39, 0.29) is 5.91 Å². The fourth-order valence-electron chi connectivity index (χ4n) is 2.11. The largest absolute Gasteiger partial charge is 0.335 e. The van der Waals surface area contributed by atoms with Crippen molar-refractivity contribution in [3.63, 3.8) is 0 Å². The molecule has 1 aromatic rings. The molecule has 0 N–H and O–H groups in total. The molecule has 0 spiro atoms. The Bertz CT molecular complexity index is 385. The highest BCUT2D eigenvalue weighted by molar-refractivity contribution is 9.11. The molecule has 0 atom stereocenters. The smallest absolute Gasteiger partial charge is 0.254 e. The van der Waals surface area contributed by atoms with Crippen molar-refractivity contribution in [2.75, 3.05) is 6.54 Å². The van der Waals surface area contributed by atoms with Crippen LogP contribution in [0.3, 0.4) is 0 Å². The van der Waals surface area contributed by atoms with Crippen molar-refractivity contribution >= 4 is 33.2 Å². The molecule has 0 fully saturated rings. The first-order chi connectivity index (χ1) is 8.49. The quantitative estimate of drug-likeness (QED) is 0.733. The Morgan fingerprint density at radius 2 is 2.00 bits per heavy atom. The second-order valence-corrected chi connectivity index (χ2v) is 7.25. The van der Waals surface area contributed by atoms with Gasteiger partial charge in [0, 0.05) is 18.0 Å². The number of halogens is 1. The van der Waals surface area contributed by atoms with Gasteiger partial charge in [-0.2, -0.15) is 0 Å². The van der Waals surface area contributed by atoms with Crippen molar-refractivity contribution in [2.24, 2.45) is 5.92 Å². The molecular formula is C14H22BrNOS. The molecule has 0 aliphatic rings. The molecule has 0 saturated heterocycles. The van der Waals surface area contributed by atoms with Gasteiger partial charge in [0.1, 0.15) is 0 Å². The zero-order valence-corrected chi connectivity index (χ0v) is 14.0. The van der Waals surface area contributed by atoms with E-state index in [1.54, 1.807) is 11.3 Å². The first kappa shape index (κ1) is 15.7. The maximum atomic E-state index is 12.6. The molecule has 1 rings (SSSR count). The van der Waals surface area contributed by atoms with Gasteiger partial charge in [-0.15, -0.1) is 11.3 Å². The summed E-state index contributed by atoms with van der Waals surface area (Å²) >= 11 is 4.98. The van der Waals surface area contributed by atoms with Crippen LogP contribution in [0.1, 0.15) is 50.9 Å². The fourth-order valence-corrected chi connectivity index (χ4v) is 3.24. The molecule has 18 heavy (non-hydrogen) atoms. The molecule has 1 heterocycles. The maximum absolute atomic E-state index is 12.6. The highest BCUT2D eigenvalue weighted by Crippen LogP contribution is 2.23. The van der Waals surface area contributed by atoms with Gasteiger partial charge in [0.2, 0.25) is 0 Å². The number of carbonyl (C=O) groups excluding carboxylic acids is 1. The first-order valence-corrected chi connectivity index (χ1v) is 8.21. The third kappa shape index (κ3) is 4.09. The molecule has 2 nitrogen and oxygen atoms in total. The zero-order valence-electron chi connectivity index (χ0n) is 11.6. The topological polar surface area (TPSA) is 20.3 Å². The molecule has 0 bridgehead atoms. The van der Waals surface area contributed by atoms with Crippen molar-refractivity contribution in [1.29, 1.82) is 0 Å². The average Bonchev–Trinajstić information content (AvgIpc) is 2.74. The summed E-state index contributed by atoms with van der Waals surface area (Å²) in [4.78, 5) is 14.6. The normalized spacial score (nSPS) is 11.3. The molecule has 1 amide bonds. The van der Waals surface area contributed by atoms with Gasteiger partial charge < -0.3 is 4.90 Å². The minimum Gasteiger partial charge on any atom is -0.335 e. The standard InChI is InChI=1S/C14H22BrNOS/c1-5-12(6-2)16(8-10(3)4)14(17)11-7-13(15)18-9-11/h7,9-10,12H,5-6,8H2,1-4H3. The number of rotatable bonds is 6. The molecule has 0 aliphatic heterocycles. The van der Waals surface area contributed by atoms with Crippen LogP contribution in [-0.2, 0) is 0 Å². The van der Waals surface area contributed by atoms with Gasteiger partial charge >= 0.3 is 0 Å². The second kappa shape index (κ2) is 7.29. The Kier molecular flexibility index (Phi) is 6.36. The molecule has 102 valence electrons. The molecule has 1 aromatic heterocycles. The molecule has 4 heteroatoms. The highest BCUT2D eigenvalue weighted by atomic mass is 79.9. The Morgan fingerprint density at radius 3 is 2.39 bits per heavy atom. The lowest BCUT2D eigenvalue weighted by Crippen LogP contribution is -2.41. The maximum Gasteiger partial charge on any atom is 0.254 e. The van der Waals surface area contributed by atoms with Crippen molar-refractivity contribution in [2.45, 2.75) is 46.6 Å². The summed E-state index contributed by atoms with van der Waals surface area (Å²) < 4.78 is 1.01. The Balaban J connectivity index is 2.91. The van der Waals surface area contributed by atoms with E-state index in [1.807, 2.05) is 16.3 Å². The fraction of sp³-hybridized carbons (Fsp3) is 0.643. The van der Waals surface area contributed by atoms with Gasteiger partial charge in [-0.3, -0.25) is 4.79 Å². The van der Waals surface area contributed by atoms with E-state index in [4.69, 9.17) is 0 Å². The summed E-state index contributed by atoms with van der Waals surface area (Å²) in [5, 5.41) is 1.93. The molecule has 0 aliphatic carbocycles. The van der Waals surface area contributed by atoms with E-state index in [1.165, 1.54) is 0 Å². The van der Waals surface area contributed by atoms with E-state index >= 15 is 0 Å². The molecule has 0 unspecified atom stereocenters. The van der Waals surface area contributed by atoms with Crippen LogP contribution in [0.2, 0.25) is 0 Å². The van der Waals surface area contributed by atoms with Crippen LogP contribution >= 0.6 is 27.3 Å². The number of carbonyl (C=O) groups is 1. The minimum absolute atomic E-state index is 0.166. The number of amides is 1. The number of hydrogen-bond donors (Lipinski definition) is 0. The average molecular weight is 332 g/mol. The van der Waals surface area contributed by atoms with Crippen LogP contribution in [0.15, 0.2) is 15.2 Å². The number of thiophene rings is 1. The summed E-state index contributed by atoms with van der Waals surface area (Å²) in [6.45, 7) is 9.45. The van der Waals surface area contributed by atoms with Gasteiger partial charge in [0.05, 0.1) is 9.35 Å². The highest BCUT2D eigenvalue weighted by Gasteiger charge is 2.23. The second-order valence-electron chi connectivity index (χ2n) is 4.96. The van der Waals surface area contributed by atoms with E-state index in [9.17, 15) is 4.79 Å². The minimum atomic E-state index is 0.166. The number of hydrogen-bond acceptors (Lipinski definition) is 2. The van der Waals surface area contributed by atoms with Gasteiger partial charge in [-0.05, 0) is 40.8 Å². The Hall–Kier alpha value is -0.350. The van der Waals surface area contributed by atoms with Crippen LogP contribution in [0.25, 0.3) is 0 Å². The predicted octanol–water partition coefficient (Wildman–Crippen LogP) is 4.80. The van der Waals surface area contributed by atoms with Crippen molar-refractivity contribution in [1.82, 2.24) is 4.90 Å². The van der Waals surface area contributed by atoms with Crippen LogP contribution in [0.4, 0.5) is 0 Å². The van der Waals surface area contributed by atoms with Gasteiger partial charge in [0.15, 0.2) is 0 Å². The summed E-state index contributed by atoms with van der Waals surface area (Å²) in [6, 6.07) is 2.27. The number of nitrogens with zero attached hydrogens (tertiary/aromatic N) is 1. The van der Waals surface area contributed by atoms with Crippen molar-refractivity contribution < 1.29 is 4.79 Å². The van der Waals surface area contributed by atoms with E-state index in [0.717, 1.165) is 28.7 Å². The third-order valence-corrected chi connectivity index (χ3v) is 4.52. The Labute approximate surface area is 123 Å². The van der Waals surface area contributed by atoms with Crippen LogP contribution in [-0.4, -0.2) is 23.4 Å². The lowest BCUT2D eigenvalue weighted by molar-refractivity contribution is 0.0641. The van der Waals surface area contributed by atoms with Gasteiger partial charge in [-0.25, -0.2) is 0 Å². The lowest BCUT2D eigenvalue weighted by atomic mass is 10.1.